The lowest BCUT2D eigenvalue weighted by Gasteiger charge is -2.19. The average molecular weight is 1300 g/mol. The van der Waals surface area contributed by atoms with Gasteiger partial charge < -0.3 is 20.1 Å². The lowest BCUT2D eigenvalue weighted by atomic mass is 10.0. The van der Waals surface area contributed by atoms with E-state index in [1.165, 1.54) is 276 Å². The van der Waals surface area contributed by atoms with Crippen LogP contribution >= 0.6 is 7.82 Å². The molecule has 2 unspecified atom stereocenters. The fourth-order valence-corrected chi connectivity index (χ4v) is 12.3. The Morgan fingerprint density at radius 3 is 0.901 bits per heavy atom. The largest absolute Gasteiger partial charge is 0.472 e. The third kappa shape index (κ3) is 76.1. The molecule has 3 N–H and O–H groups in total. The van der Waals surface area contributed by atoms with Crippen LogP contribution in [0, 0.1) is 0 Å². The second-order valence-electron chi connectivity index (χ2n) is 26.2. The predicted molar refractivity (Wildman–Crippen MR) is 395 cm³/mol. The van der Waals surface area contributed by atoms with Crippen molar-refractivity contribution in [3.63, 3.8) is 0 Å². The Hall–Kier alpha value is -2.81. The van der Waals surface area contributed by atoms with Crippen LogP contribution in [0.2, 0.25) is 0 Å². The number of phosphoric ester groups is 1. The zero-order valence-electron chi connectivity index (χ0n) is 59.8. The van der Waals surface area contributed by atoms with Gasteiger partial charge in [-0.1, -0.05) is 369 Å². The van der Waals surface area contributed by atoms with Gasteiger partial charge in [-0.05, 0) is 89.9 Å². The van der Waals surface area contributed by atoms with E-state index in [1.54, 1.807) is 0 Å². The van der Waals surface area contributed by atoms with E-state index in [0.29, 0.717) is 6.42 Å². The maximum atomic E-state index is 12.8. The molecule has 9 nitrogen and oxygen atoms in total. The summed E-state index contributed by atoms with van der Waals surface area (Å²) in [6.07, 6.45) is 103. The second kappa shape index (κ2) is 76.2. The van der Waals surface area contributed by atoms with E-state index in [0.717, 1.165) is 77.0 Å². The Bertz CT molecular complexity index is 1770. The van der Waals surface area contributed by atoms with Crippen molar-refractivity contribution in [3.05, 3.63) is 85.1 Å². The van der Waals surface area contributed by atoms with Gasteiger partial charge in [0, 0.05) is 19.4 Å². The van der Waals surface area contributed by atoms with Crippen molar-refractivity contribution in [3.8, 4) is 0 Å². The zero-order chi connectivity index (χ0) is 65.8. The average Bonchev–Trinajstić information content (AvgIpc) is 3.68. The molecule has 0 spiro atoms. The molecule has 0 aromatic rings. The van der Waals surface area contributed by atoms with E-state index in [-0.39, 0.29) is 38.6 Å². The lowest BCUT2D eigenvalue weighted by Crippen LogP contribution is -2.29. The van der Waals surface area contributed by atoms with E-state index in [9.17, 15) is 19.0 Å². The molecule has 0 saturated carbocycles. The molecule has 10 heteroatoms. The Morgan fingerprint density at radius 1 is 0.341 bits per heavy atom. The maximum Gasteiger partial charge on any atom is 0.472 e. The molecule has 530 valence electrons. The van der Waals surface area contributed by atoms with E-state index >= 15 is 0 Å². The van der Waals surface area contributed by atoms with Crippen LogP contribution in [0.25, 0.3) is 0 Å². The van der Waals surface area contributed by atoms with Crippen LogP contribution in [-0.2, 0) is 32.7 Å². The van der Waals surface area contributed by atoms with Crippen LogP contribution in [0.4, 0.5) is 0 Å². The molecule has 0 amide bonds. The Kier molecular flexibility index (Phi) is 73.9. The molecular formula is C81H148NO8P. The van der Waals surface area contributed by atoms with Crippen LogP contribution in [0.5, 0.6) is 0 Å². The highest BCUT2D eigenvalue weighted by Gasteiger charge is 2.26. The first-order chi connectivity index (χ1) is 44.8. The number of ether oxygens (including phenoxy) is 2. The summed E-state index contributed by atoms with van der Waals surface area (Å²) in [5.41, 5.74) is 5.41. The third-order valence-corrected chi connectivity index (χ3v) is 18.2. The first-order valence-corrected chi connectivity index (χ1v) is 40.6. The van der Waals surface area contributed by atoms with E-state index in [2.05, 4.69) is 98.9 Å². The summed E-state index contributed by atoms with van der Waals surface area (Å²) < 4.78 is 33.3. The molecule has 0 aliphatic heterocycles. The predicted octanol–water partition coefficient (Wildman–Crippen LogP) is 26.1. The van der Waals surface area contributed by atoms with Gasteiger partial charge >= 0.3 is 19.8 Å². The minimum Gasteiger partial charge on any atom is -0.462 e. The summed E-state index contributed by atoms with van der Waals surface area (Å²) in [6, 6.07) is 0. The van der Waals surface area contributed by atoms with Gasteiger partial charge in [-0.3, -0.25) is 18.6 Å². The fourth-order valence-electron chi connectivity index (χ4n) is 11.5. The van der Waals surface area contributed by atoms with Gasteiger partial charge in [0.1, 0.15) is 6.61 Å². The molecule has 0 saturated heterocycles. The Labute approximate surface area is 564 Å². The number of carbonyl (C=O) groups is 2. The maximum absolute atomic E-state index is 12.8. The molecule has 91 heavy (non-hydrogen) atoms. The molecule has 0 heterocycles. The molecule has 0 aliphatic rings. The quantitative estimate of drug-likeness (QED) is 0.0264. The van der Waals surface area contributed by atoms with Crippen molar-refractivity contribution in [1.82, 2.24) is 0 Å². The number of phosphoric acid groups is 1. The van der Waals surface area contributed by atoms with Crippen LogP contribution in [0.1, 0.15) is 386 Å². The lowest BCUT2D eigenvalue weighted by molar-refractivity contribution is -0.161. The molecule has 2 atom stereocenters. The number of rotatable bonds is 74. The molecule has 0 rings (SSSR count). The SMILES string of the molecule is CC/C=C\C/C=C\C/C=C\C/C=C\CCCCCCCCCCCCCCCCCCC(=O)OC(COC(=O)CCCCCCCCCCCCCCCCCCCCCCCCCCCC/C=C\C/C=C\C/C=C\CCCCCCC)COP(=O)(O)OCCN. The third-order valence-electron chi connectivity index (χ3n) is 17.3. The van der Waals surface area contributed by atoms with Crippen molar-refractivity contribution in [2.75, 3.05) is 26.4 Å². The van der Waals surface area contributed by atoms with Crippen LogP contribution in [0.15, 0.2) is 85.1 Å². The standard InChI is InChI=1S/C81H148NO8P/c1-3-5-7-9-11-13-15-17-19-21-23-25-27-29-31-33-34-35-36-37-38-39-40-41-42-43-44-46-47-49-51-53-55-57-59-61-63-65-67-69-71-73-80(83)87-77-79(78-89-91(85,86)88-76-75-82)90-81(84)74-72-70-68-66-64-62-60-58-56-54-52-50-48-45-32-30-28-26-24-22-20-18-16-14-12-10-8-6-4-2/h6,8,12,14-15,17-18,20-21,23-24,26-27,29,79H,3-5,7,9-11,13,16,19,22,25,28,30-78,82H2,1-2H3,(H,85,86)/b8-6-,14-12-,17-15-,20-18-,23-21-,26-24-,29-27-. The fraction of sp³-hybridized carbons (Fsp3) is 0.802. The first kappa shape index (κ1) is 88.2. The van der Waals surface area contributed by atoms with Gasteiger partial charge in [-0.15, -0.1) is 0 Å². The first-order valence-electron chi connectivity index (χ1n) is 39.1. The van der Waals surface area contributed by atoms with Gasteiger partial charge in [-0.2, -0.15) is 0 Å². The number of esters is 2. The van der Waals surface area contributed by atoms with Gasteiger partial charge in [-0.25, -0.2) is 4.57 Å². The van der Waals surface area contributed by atoms with Crippen LogP contribution in [-0.4, -0.2) is 49.3 Å². The van der Waals surface area contributed by atoms with Gasteiger partial charge in [0.2, 0.25) is 0 Å². The van der Waals surface area contributed by atoms with Crippen molar-refractivity contribution in [2.24, 2.45) is 5.73 Å². The second-order valence-corrected chi connectivity index (χ2v) is 27.7. The summed E-state index contributed by atoms with van der Waals surface area (Å²) in [5, 5.41) is 0. The molecular weight excluding hydrogens is 1150 g/mol. The molecule has 0 aromatic heterocycles. The molecule has 0 fully saturated rings. The van der Waals surface area contributed by atoms with E-state index in [1.807, 2.05) is 0 Å². The molecule has 0 radical (unpaired) electrons. The highest BCUT2D eigenvalue weighted by Crippen LogP contribution is 2.43. The topological polar surface area (TPSA) is 134 Å². The number of unbranched alkanes of at least 4 members (excludes halogenated alkanes) is 47. The van der Waals surface area contributed by atoms with Crippen molar-refractivity contribution in [2.45, 2.75) is 392 Å². The normalized spacial score (nSPS) is 13.3. The number of hydrogen-bond donors (Lipinski definition) is 2. The number of carbonyl (C=O) groups excluding carboxylic acids is 2. The van der Waals surface area contributed by atoms with E-state index < -0.39 is 26.5 Å². The monoisotopic (exact) mass is 1290 g/mol. The number of nitrogens with two attached hydrogens (primary N) is 1. The van der Waals surface area contributed by atoms with Crippen molar-refractivity contribution >= 4 is 19.8 Å². The minimum absolute atomic E-state index is 0.0535. The van der Waals surface area contributed by atoms with Crippen LogP contribution < -0.4 is 5.73 Å². The summed E-state index contributed by atoms with van der Waals surface area (Å²) in [7, 11) is -4.40. The van der Waals surface area contributed by atoms with Gasteiger partial charge in [0.15, 0.2) is 6.10 Å². The van der Waals surface area contributed by atoms with Crippen LogP contribution in [0.3, 0.4) is 0 Å². The Morgan fingerprint density at radius 2 is 0.604 bits per heavy atom. The van der Waals surface area contributed by atoms with Crippen molar-refractivity contribution in [1.29, 1.82) is 0 Å². The highest BCUT2D eigenvalue weighted by molar-refractivity contribution is 7.47. The molecule has 0 aromatic carbocycles. The summed E-state index contributed by atoms with van der Waals surface area (Å²) >= 11 is 0. The number of hydrogen-bond acceptors (Lipinski definition) is 8. The number of allylic oxidation sites excluding steroid dienone is 14. The summed E-state index contributed by atoms with van der Waals surface area (Å²) in [4.78, 5) is 35.4. The molecule has 0 bridgehead atoms. The summed E-state index contributed by atoms with van der Waals surface area (Å²) in [6.45, 7) is 3.68. The molecule has 0 aliphatic carbocycles. The van der Waals surface area contributed by atoms with E-state index in [4.69, 9.17) is 24.3 Å². The summed E-state index contributed by atoms with van der Waals surface area (Å²) in [5.74, 6) is -0.810. The highest BCUT2D eigenvalue weighted by atomic mass is 31.2. The van der Waals surface area contributed by atoms with Crippen molar-refractivity contribution < 1.29 is 37.6 Å². The minimum atomic E-state index is -4.40. The van der Waals surface area contributed by atoms with Gasteiger partial charge in [0.05, 0.1) is 13.2 Å². The smallest absolute Gasteiger partial charge is 0.462 e. The zero-order valence-corrected chi connectivity index (χ0v) is 60.7. The Balaban J connectivity index is 3.76. The van der Waals surface area contributed by atoms with Gasteiger partial charge in [0.25, 0.3) is 0 Å².